The highest BCUT2D eigenvalue weighted by atomic mass is 127. The van der Waals surface area contributed by atoms with E-state index < -0.39 is 23.9 Å². The third-order valence-corrected chi connectivity index (χ3v) is 5.62. The Morgan fingerprint density at radius 2 is 2.04 bits per heavy atom. The van der Waals surface area contributed by atoms with Gasteiger partial charge in [-0.15, -0.1) is 0 Å². The summed E-state index contributed by atoms with van der Waals surface area (Å²) in [5, 5.41) is 13.9. The summed E-state index contributed by atoms with van der Waals surface area (Å²) in [6.45, 7) is -0.174. The Morgan fingerprint density at radius 3 is 2.75 bits per heavy atom. The molecule has 0 aromatic heterocycles. The van der Waals surface area contributed by atoms with Gasteiger partial charge in [-0.25, -0.2) is 14.9 Å². The highest BCUT2D eigenvalue weighted by Crippen LogP contribution is 2.25. The minimum absolute atomic E-state index is 0.0773. The number of benzene rings is 1. The number of carbonyl (C=O) groups excluding carboxylic acids is 3. The van der Waals surface area contributed by atoms with Crippen LogP contribution in [0.3, 0.4) is 0 Å². The monoisotopic (exact) mass is 609 g/mol. The van der Waals surface area contributed by atoms with E-state index in [0.717, 1.165) is 8.47 Å². The normalized spacial score (nSPS) is 18.8. The number of hydrogen-bond acceptors (Lipinski definition) is 6. The van der Waals surface area contributed by atoms with Gasteiger partial charge in [0.1, 0.15) is 12.3 Å². The van der Waals surface area contributed by atoms with Crippen molar-refractivity contribution in [2.75, 3.05) is 20.6 Å². The molecule has 146 valence electrons. The molecule has 1 fully saturated rings. The molecule has 1 aromatic rings. The van der Waals surface area contributed by atoms with E-state index in [4.69, 9.17) is 0 Å². The van der Waals surface area contributed by atoms with Crippen LogP contribution in [0.2, 0.25) is 0 Å². The molecule has 0 bridgehead atoms. The van der Waals surface area contributed by atoms with Crippen LogP contribution in [0.5, 0.6) is 5.75 Å². The molecular formula is C16H15I2N6O4+. The molecule has 2 N–H and O–H groups in total. The predicted molar refractivity (Wildman–Crippen MR) is 119 cm³/mol. The molecule has 1 unspecified atom stereocenters. The zero-order chi connectivity index (χ0) is 20.6. The summed E-state index contributed by atoms with van der Waals surface area (Å²) in [7, 11) is 2.90. The molecule has 0 saturated carbocycles. The third-order valence-electron chi connectivity index (χ3n) is 4.17. The van der Waals surface area contributed by atoms with Gasteiger partial charge >= 0.3 is 11.9 Å². The number of amides is 4. The molecule has 1 atom stereocenters. The van der Waals surface area contributed by atoms with Crippen LogP contribution in [0.15, 0.2) is 17.2 Å². The molecule has 0 spiro atoms. The van der Waals surface area contributed by atoms with Crippen LogP contribution in [-0.4, -0.2) is 82.7 Å². The summed E-state index contributed by atoms with van der Waals surface area (Å²) in [6.07, 6.45) is 2.71. The number of hydrazone groups is 1. The number of phenols is 1. The number of urea groups is 1. The Balaban J connectivity index is 1.64. The standard InChI is InChI=1S/C16H14I2N6O4/c1-22-14-12(15(27)23(2)16(22)28)24(7-19-14)6-11(25)21-20-5-8-3-9(17)4-10(18)13(8)26/h3-5,7,12H,6H2,1-2H3,(H-,20,21,25,26)/p+1. The number of amidine groups is 1. The van der Waals surface area contributed by atoms with Gasteiger partial charge in [0.25, 0.3) is 24.2 Å². The fourth-order valence-corrected chi connectivity index (χ4v) is 4.62. The van der Waals surface area contributed by atoms with Crippen LogP contribution in [-0.2, 0) is 9.59 Å². The van der Waals surface area contributed by atoms with Gasteiger partial charge in [-0.3, -0.25) is 19.4 Å². The van der Waals surface area contributed by atoms with Crippen LogP contribution in [0.25, 0.3) is 0 Å². The second-order valence-electron chi connectivity index (χ2n) is 6.04. The maximum atomic E-state index is 12.4. The molecule has 10 nitrogen and oxygen atoms in total. The lowest BCUT2D eigenvalue weighted by Crippen LogP contribution is -2.63. The van der Waals surface area contributed by atoms with Crippen molar-refractivity contribution in [2.45, 2.75) is 6.04 Å². The van der Waals surface area contributed by atoms with Gasteiger partial charge in [0, 0.05) is 16.2 Å². The van der Waals surface area contributed by atoms with Crippen molar-refractivity contribution in [3.05, 3.63) is 24.8 Å². The third kappa shape index (κ3) is 3.84. The number of likely N-dealkylation sites (N-methyl/N-ethyl adjacent to an activating group) is 2. The molecule has 2 heterocycles. The van der Waals surface area contributed by atoms with Crippen LogP contribution in [0, 0.1) is 7.14 Å². The number of nitrogens with zero attached hydrogens (tertiary/aromatic N) is 5. The summed E-state index contributed by atoms with van der Waals surface area (Å²) < 4.78 is 5.68. The molecule has 28 heavy (non-hydrogen) atoms. The first-order valence-corrected chi connectivity index (χ1v) is 10.1. The predicted octanol–water partition coefficient (Wildman–Crippen LogP) is -0.246. The second kappa shape index (κ2) is 8.05. The zero-order valence-corrected chi connectivity index (χ0v) is 19.1. The van der Waals surface area contributed by atoms with Crippen LogP contribution in [0.4, 0.5) is 4.79 Å². The maximum absolute atomic E-state index is 12.4. The highest BCUT2D eigenvalue weighted by molar-refractivity contribution is 14.1. The number of phenolic OH excluding ortho intramolecular Hbond substituents is 1. The molecule has 1 saturated heterocycles. The van der Waals surface area contributed by atoms with Gasteiger partial charge in [-0.2, -0.15) is 10.0 Å². The number of fused-ring (bicyclic) bond motifs is 1. The van der Waals surface area contributed by atoms with Crippen molar-refractivity contribution in [1.29, 1.82) is 0 Å². The second-order valence-corrected chi connectivity index (χ2v) is 8.44. The number of aromatic hydroxyl groups is 1. The summed E-state index contributed by atoms with van der Waals surface area (Å²) in [5.41, 5.74) is 2.83. The minimum Gasteiger partial charge on any atom is -0.506 e. The van der Waals surface area contributed by atoms with E-state index in [2.05, 4.69) is 37.8 Å². The van der Waals surface area contributed by atoms with Gasteiger partial charge < -0.3 is 5.11 Å². The van der Waals surface area contributed by atoms with E-state index in [1.165, 1.54) is 36.4 Å². The fraction of sp³-hybridized carbons (Fsp3) is 0.250. The van der Waals surface area contributed by atoms with E-state index in [1.54, 1.807) is 6.07 Å². The number of rotatable bonds is 4. The summed E-state index contributed by atoms with van der Waals surface area (Å²) in [6, 6.07) is 2.23. The number of carbonyl (C=O) groups is 3. The molecule has 0 radical (unpaired) electrons. The van der Waals surface area contributed by atoms with Gasteiger partial charge in [0.05, 0.1) is 16.8 Å². The maximum Gasteiger partial charge on any atom is 0.389 e. The first-order chi connectivity index (χ1) is 13.2. The van der Waals surface area contributed by atoms with E-state index in [-0.39, 0.29) is 18.1 Å². The lowest BCUT2D eigenvalue weighted by atomic mass is 10.1. The molecule has 4 amide bonds. The topological polar surface area (TPSA) is 120 Å². The van der Waals surface area contributed by atoms with Gasteiger partial charge in [0.2, 0.25) is 0 Å². The number of imide groups is 1. The van der Waals surface area contributed by atoms with E-state index in [1.807, 2.05) is 28.7 Å². The number of nitrogens with one attached hydrogen (secondary N) is 1. The largest absolute Gasteiger partial charge is 0.506 e. The Bertz CT molecular complexity index is 972. The van der Waals surface area contributed by atoms with E-state index in [9.17, 15) is 19.5 Å². The molecule has 3 rings (SSSR count). The molecule has 1 aromatic carbocycles. The molecule has 12 heteroatoms. The molecule has 2 aliphatic heterocycles. The molecular weight excluding hydrogens is 594 g/mol. The van der Waals surface area contributed by atoms with Crippen molar-refractivity contribution >= 4 is 81.4 Å². The van der Waals surface area contributed by atoms with Crippen LogP contribution in [0.1, 0.15) is 5.56 Å². The SMILES string of the molecule is CN1C(=O)C2C(=[N+]=CN2CC(=O)N/N=C/c2cc(I)cc(I)c2O)N(C)C1=O. The van der Waals surface area contributed by atoms with Gasteiger partial charge in [-0.1, -0.05) is 0 Å². The van der Waals surface area contributed by atoms with Crippen molar-refractivity contribution < 1.29 is 19.5 Å². The average molecular weight is 609 g/mol. The lowest BCUT2D eigenvalue weighted by molar-refractivity contribution is -0.131. The smallest absolute Gasteiger partial charge is 0.389 e. The first-order valence-electron chi connectivity index (χ1n) is 7.92. The highest BCUT2D eigenvalue weighted by Gasteiger charge is 2.53. The van der Waals surface area contributed by atoms with Crippen molar-refractivity contribution in [3.8, 4) is 5.75 Å². The van der Waals surface area contributed by atoms with Crippen LogP contribution >= 0.6 is 45.2 Å². The van der Waals surface area contributed by atoms with Crippen molar-refractivity contribution in [3.63, 3.8) is 0 Å². The van der Waals surface area contributed by atoms with Crippen molar-refractivity contribution in [2.24, 2.45) is 5.10 Å². The number of halogens is 2. The van der Waals surface area contributed by atoms with E-state index >= 15 is 0 Å². The Hall–Kier alpha value is -2.19. The quantitative estimate of drug-likeness (QED) is 0.212. The summed E-state index contributed by atoms with van der Waals surface area (Å²) >= 11 is 4.12. The Morgan fingerprint density at radius 1 is 1.32 bits per heavy atom. The van der Waals surface area contributed by atoms with E-state index in [0.29, 0.717) is 9.13 Å². The molecule has 0 aliphatic carbocycles. The Kier molecular flexibility index (Phi) is 5.90. The zero-order valence-electron chi connectivity index (χ0n) is 14.8. The number of hydrogen-bond donors (Lipinski definition) is 2. The van der Waals surface area contributed by atoms with Gasteiger partial charge in [0.15, 0.2) is 0 Å². The summed E-state index contributed by atoms with van der Waals surface area (Å²) in [5.74, 6) is -0.569. The molecule has 2 aliphatic rings. The Labute approximate surface area is 187 Å². The average Bonchev–Trinajstić information content (AvgIpc) is 3.05. The van der Waals surface area contributed by atoms with Gasteiger partial charge in [-0.05, 0) is 57.3 Å². The fourth-order valence-electron chi connectivity index (χ4n) is 2.73. The lowest BCUT2D eigenvalue weighted by Gasteiger charge is -2.29. The van der Waals surface area contributed by atoms with Crippen molar-refractivity contribution in [1.82, 2.24) is 24.8 Å². The first kappa shape index (κ1) is 20.5. The van der Waals surface area contributed by atoms with Crippen LogP contribution < -0.4 is 10.1 Å². The minimum atomic E-state index is -0.830. The summed E-state index contributed by atoms with van der Waals surface area (Å²) in [4.78, 5) is 40.3.